The van der Waals surface area contributed by atoms with Gasteiger partial charge in [-0.3, -0.25) is 20.1 Å². The monoisotopic (exact) mass is 451 g/mol. The maximum absolute atomic E-state index is 13.9. The van der Waals surface area contributed by atoms with Gasteiger partial charge in [-0.1, -0.05) is 17.4 Å². The van der Waals surface area contributed by atoms with Crippen LogP contribution in [0.1, 0.15) is 28.9 Å². The number of aromatic nitrogens is 4. The van der Waals surface area contributed by atoms with E-state index >= 15 is 0 Å². The van der Waals surface area contributed by atoms with Gasteiger partial charge >= 0.3 is 0 Å². The lowest BCUT2D eigenvalue weighted by Crippen LogP contribution is -2.12. The smallest absolute Gasteiger partial charge is 0.257 e. The maximum Gasteiger partial charge on any atom is 0.257 e. The van der Waals surface area contributed by atoms with Crippen LogP contribution >= 0.6 is 11.3 Å². The van der Waals surface area contributed by atoms with Crippen LogP contribution in [0.3, 0.4) is 0 Å². The third-order valence-electron chi connectivity index (χ3n) is 4.53. The average molecular weight is 451 g/mol. The third kappa shape index (κ3) is 4.70. The largest absolute Gasteiger partial charge is 0.493 e. The summed E-state index contributed by atoms with van der Waals surface area (Å²) in [4.78, 5) is 20.5. The number of hydrogen-bond acceptors (Lipinski definition) is 8. The van der Waals surface area contributed by atoms with Gasteiger partial charge in [0.1, 0.15) is 6.10 Å². The normalized spacial score (nSPS) is 11.6. The van der Waals surface area contributed by atoms with Gasteiger partial charge < -0.3 is 9.47 Å². The number of methoxy groups -OCH3 is 1. The molecule has 32 heavy (non-hydrogen) atoms. The number of carbonyl (C=O) groups excluding carboxylic acids is 1. The van der Waals surface area contributed by atoms with E-state index in [1.165, 1.54) is 19.4 Å². The molecule has 1 amide bonds. The number of carbonyl (C=O) groups is 1. The Morgan fingerprint density at radius 2 is 1.94 bits per heavy atom. The number of ether oxygens (including phenoxy) is 2. The summed E-state index contributed by atoms with van der Waals surface area (Å²) in [7, 11) is 1.50. The Labute approximate surface area is 187 Å². The van der Waals surface area contributed by atoms with Crippen LogP contribution in [-0.2, 0) is 0 Å². The fourth-order valence-electron chi connectivity index (χ4n) is 2.88. The Kier molecular flexibility index (Phi) is 6.31. The Hall–Kier alpha value is -3.92. The molecule has 4 rings (SSSR count). The molecule has 10 heteroatoms. The molecule has 0 saturated heterocycles. The molecule has 1 aromatic carbocycles. The Balaban J connectivity index is 1.48. The van der Waals surface area contributed by atoms with Crippen molar-refractivity contribution in [1.29, 1.82) is 0 Å². The molecule has 0 fully saturated rings. The lowest BCUT2D eigenvalue weighted by molar-refractivity contribution is 0.102. The molecule has 1 unspecified atom stereocenters. The first-order valence-electron chi connectivity index (χ1n) is 9.54. The summed E-state index contributed by atoms with van der Waals surface area (Å²) in [5.74, 6) is -0.0209. The molecule has 0 bridgehead atoms. The maximum atomic E-state index is 13.9. The fraction of sp³-hybridized carbons (Fsp3) is 0.136. The summed E-state index contributed by atoms with van der Waals surface area (Å²) >= 11 is 1.06. The summed E-state index contributed by atoms with van der Waals surface area (Å²) in [5.41, 5.74) is 1.52. The Morgan fingerprint density at radius 1 is 1.09 bits per heavy atom. The fourth-order valence-corrected chi connectivity index (χ4v) is 3.65. The molecule has 4 aromatic rings. The van der Waals surface area contributed by atoms with E-state index in [4.69, 9.17) is 9.47 Å². The zero-order valence-corrected chi connectivity index (χ0v) is 18.0. The van der Waals surface area contributed by atoms with Gasteiger partial charge in [0.2, 0.25) is 5.13 Å². The number of hydrogen-bond donors (Lipinski definition) is 1. The van der Waals surface area contributed by atoms with Crippen LogP contribution in [0.15, 0.2) is 61.2 Å². The number of nitrogens with zero attached hydrogens (tertiary/aromatic N) is 4. The molecule has 0 spiro atoms. The van der Waals surface area contributed by atoms with Gasteiger partial charge in [-0.15, -0.1) is 10.2 Å². The molecule has 1 atom stereocenters. The summed E-state index contributed by atoms with van der Waals surface area (Å²) in [6.07, 6.45) is 5.72. The number of halogens is 1. The second-order valence-electron chi connectivity index (χ2n) is 6.63. The first-order valence-corrected chi connectivity index (χ1v) is 10.4. The Bertz CT molecular complexity index is 1240. The van der Waals surface area contributed by atoms with Gasteiger partial charge in [0.15, 0.2) is 22.3 Å². The van der Waals surface area contributed by atoms with Gasteiger partial charge in [0, 0.05) is 29.7 Å². The van der Waals surface area contributed by atoms with Crippen LogP contribution in [0.25, 0.3) is 10.6 Å². The summed E-state index contributed by atoms with van der Waals surface area (Å²) in [6, 6.07) is 10.1. The molecule has 1 N–H and O–H groups in total. The lowest BCUT2D eigenvalue weighted by Gasteiger charge is -2.17. The quantitative estimate of drug-likeness (QED) is 0.440. The number of pyridine rings is 2. The standard InChI is InChI=1S/C22H18FN5O3S/c1-13(15-4-3-8-24-11-15)31-18-6-5-14(10-19(18)30-2)20(29)26-22-28-27-21(32-22)16-7-9-25-12-17(16)23/h3-13H,1-2H3,(H,26,28,29). The van der Waals surface area contributed by atoms with E-state index in [9.17, 15) is 9.18 Å². The SMILES string of the molecule is COc1cc(C(=O)Nc2nnc(-c3ccncc3F)s2)ccc1OC(C)c1cccnc1. The zero-order chi connectivity index (χ0) is 22.5. The second-order valence-corrected chi connectivity index (χ2v) is 7.61. The van der Waals surface area contributed by atoms with Gasteiger partial charge in [-0.25, -0.2) is 4.39 Å². The number of anilines is 1. The van der Waals surface area contributed by atoms with Gasteiger partial charge in [0.05, 0.1) is 18.9 Å². The van der Waals surface area contributed by atoms with Gasteiger partial charge in [-0.2, -0.15) is 0 Å². The van der Waals surface area contributed by atoms with Crippen molar-refractivity contribution in [2.24, 2.45) is 0 Å². The van der Waals surface area contributed by atoms with Crippen molar-refractivity contribution in [3.63, 3.8) is 0 Å². The second kappa shape index (κ2) is 9.48. The third-order valence-corrected chi connectivity index (χ3v) is 5.40. The molecule has 3 aromatic heterocycles. The van der Waals surface area contributed by atoms with Crippen molar-refractivity contribution in [1.82, 2.24) is 20.2 Å². The number of nitrogens with one attached hydrogen (secondary N) is 1. The minimum absolute atomic E-state index is 0.241. The summed E-state index contributed by atoms with van der Waals surface area (Å²) in [5, 5.41) is 11.1. The van der Waals surface area contributed by atoms with Crippen molar-refractivity contribution in [2.45, 2.75) is 13.0 Å². The van der Waals surface area contributed by atoms with E-state index in [1.54, 1.807) is 30.6 Å². The van der Waals surface area contributed by atoms with E-state index in [0.717, 1.165) is 23.1 Å². The molecule has 0 aliphatic heterocycles. The van der Waals surface area contributed by atoms with E-state index in [0.29, 0.717) is 22.1 Å². The highest BCUT2D eigenvalue weighted by Gasteiger charge is 2.17. The highest BCUT2D eigenvalue weighted by Crippen LogP contribution is 2.33. The van der Waals surface area contributed by atoms with Gasteiger partial charge in [0.25, 0.3) is 5.91 Å². The van der Waals surface area contributed by atoms with Crippen LogP contribution in [0.2, 0.25) is 0 Å². The molecule has 8 nitrogen and oxygen atoms in total. The van der Waals surface area contributed by atoms with Crippen molar-refractivity contribution in [3.05, 3.63) is 78.1 Å². The molecular weight excluding hydrogens is 433 g/mol. The molecule has 0 aliphatic rings. The first kappa shape index (κ1) is 21.3. The predicted octanol–water partition coefficient (Wildman–Crippen LogP) is 4.54. The highest BCUT2D eigenvalue weighted by molar-refractivity contribution is 7.18. The molecule has 0 saturated carbocycles. The minimum atomic E-state index is -0.512. The van der Waals surface area contributed by atoms with E-state index in [-0.39, 0.29) is 16.8 Å². The predicted molar refractivity (Wildman–Crippen MR) is 117 cm³/mol. The number of rotatable bonds is 7. The molecule has 0 radical (unpaired) electrons. The number of amides is 1. The minimum Gasteiger partial charge on any atom is -0.493 e. The topological polar surface area (TPSA) is 99.1 Å². The van der Waals surface area contributed by atoms with Crippen molar-refractivity contribution < 1.29 is 18.7 Å². The van der Waals surface area contributed by atoms with Crippen molar-refractivity contribution >= 4 is 22.4 Å². The molecule has 3 heterocycles. The van der Waals surface area contributed by atoms with Crippen LogP contribution in [0, 0.1) is 5.82 Å². The number of benzene rings is 1. The first-order chi connectivity index (χ1) is 15.5. The van der Waals surface area contributed by atoms with E-state index < -0.39 is 11.7 Å². The average Bonchev–Trinajstić information content (AvgIpc) is 3.28. The van der Waals surface area contributed by atoms with Crippen LogP contribution in [-0.4, -0.2) is 33.2 Å². The van der Waals surface area contributed by atoms with E-state index in [2.05, 4.69) is 25.5 Å². The molecule has 0 aliphatic carbocycles. The zero-order valence-electron chi connectivity index (χ0n) is 17.2. The van der Waals surface area contributed by atoms with Crippen LogP contribution in [0.4, 0.5) is 9.52 Å². The van der Waals surface area contributed by atoms with Crippen molar-refractivity contribution in [2.75, 3.05) is 12.4 Å². The summed E-state index contributed by atoms with van der Waals surface area (Å²) < 4.78 is 25.3. The van der Waals surface area contributed by atoms with Gasteiger partial charge in [-0.05, 0) is 37.3 Å². The van der Waals surface area contributed by atoms with Crippen LogP contribution < -0.4 is 14.8 Å². The highest BCUT2D eigenvalue weighted by atomic mass is 32.1. The Morgan fingerprint density at radius 3 is 2.69 bits per heavy atom. The van der Waals surface area contributed by atoms with Crippen LogP contribution in [0.5, 0.6) is 11.5 Å². The molecule has 162 valence electrons. The van der Waals surface area contributed by atoms with E-state index in [1.807, 2.05) is 19.1 Å². The summed E-state index contributed by atoms with van der Waals surface area (Å²) in [6.45, 7) is 1.90. The van der Waals surface area contributed by atoms with Crippen molar-refractivity contribution in [3.8, 4) is 22.1 Å². The molecular formula is C22H18FN5O3S. The lowest BCUT2D eigenvalue weighted by atomic mass is 10.1.